The van der Waals surface area contributed by atoms with Crippen LogP contribution in [0.2, 0.25) is 0 Å². The van der Waals surface area contributed by atoms with Crippen molar-refractivity contribution < 1.29 is 13.6 Å². The van der Waals surface area contributed by atoms with E-state index in [0.29, 0.717) is 17.0 Å². The van der Waals surface area contributed by atoms with E-state index in [1.54, 1.807) is 0 Å². The van der Waals surface area contributed by atoms with Gasteiger partial charge in [0.05, 0.1) is 5.56 Å². The second-order valence-corrected chi connectivity index (χ2v) is 7.17. The number of carbonyl (C=O) groups excluding carboxylic acids is 1. The summed E-state index contributed by atoms with van der Waals surface area (Å²) in [6.45, 7) is 6.81. The molecule has 0 bridgehead atoms. The van der Waals surface area contributed by atoms with E-state index >= 15 is 0 Å². The van der Waals surface area contributed by atoms with Crippen molar-refractivity contribution in [3.8, 4) is 0 Å². The highest BCUT2D eigenvalue weighted by molar-refractivity contribution is 8.00. The van der Waals surface area contributed by atoms with Gasteiger partial charge in [-0.2, -0.15) is 11.8 Å². The van der Waals surface area contributed by atoms with Gasteiger partial charge < -0.3 is 4.90 Å². The first-order valence-corrected chi connectivity index (χ1v) is 7.76. The summed E-state index contributed by atoms with van der Waals surface area (Å²) in [6.07, 6.45) is 0.227. The molecule has 0 radical (unpaired) electrons. The molecule has 1 aromatic rings. The van der Waals surface area contributed by atoms with Crippen molar-refractivity contribution in [2.24, 2.45) is 0 Å². The van der Waals surface area contributed by atoms with Crippen molar-refractivity contribution in [3.05, 3.63) is 35.4 Å². The molecular formula is C15H19F2NOS. The molecule has 0 amide bonds. The maximum Gasteiger partial charge on any atom is 0.169 e. The van der Waals surface area contributed by atoms with Crippen molar-refractivity contribution >= 4 is 17.5 Å². The normalized spacial score (nSPS) is 23.8. The molecule has 0 spiro atoms. The van der Waals surface area contributed by atoms with Crippen LogP contribution < -0.4 is 0 Å². The number of hydrogen-bond donors (Lipinski definition) is 0. The first-order valence-electron chi connectivity index (χ1n) is 6.82. The Morgan fingerprint density at radius 2 is 1.95 bits per heavy atom. The van der Waals surface area contributed by atoms with Crippen molar-refractivity contribution in [2.45, 2.75) is 30.8 Å². The molecule has 1 fully saturated rings. The van der Waals surface area contributed by atoms with Crippen LogP contribution in [0.15, 0.2) is 18.2 Å². The minimum absolute atomic E-state index is 0.141. The molecule has 2 nitrogen and oxygen atoms in total. The summed E-state index contributed by atoms with van der Waals surface area (Å²) in [5.74, 6) is -2.33. The Bertz CT molecular complexity index is 485. The lowest BCUT2D eigenvalue weighted by Crippen LogP contribution is -2.41. The Kier molecular flexibility index (Phi) is 5.16. The molecule has 2 unspecified atom stereocenters. The minimum atomic E-state index is -1.03. The number of ketones is 1. The van der Waals surface area contributed by atoms with Crippen LogP contribution in [0.25, 0.3) is 0 Å². The van der Waals surface area contributed by atoms with Gasteiger partial charge in [-0.3, -0.25) is 4.79 Å². The number of hydrogen-bond acceptors (Lipinski definition) is 3. The molecular weight excluding hydrogens is 280 g/mol. The highest BCUT2D eigenvalue weighted by Crippen LogP contribution is 2.24. The molecule has 0 N–H and O–H groups in total. The van der Waals surface area contributed by atoms with Crippen LogP contribution in [-0.2, 0) is 0 Å². The number of halogens is 2. The molecule has 1 aliphatic heterocycles. The number of Topliss-reactive ketones (excluding diaryl/α,β-unsaturated/α-hetero) is 1. The van der Waals surface area contributed by atoms with Gasteiger partial charge in [-0.15, -0.1) is 0 Å². The summed E-state index contributed by atoms with van der Waals surface area (Å²) in [6, 6.07) is 3.74. The lowest BCUT2D eigenvalue weighted by molar-refractivity contribution is 0.0958. The average Bonchev–Trinajstić information content (AvgIpc) is 2.38. The first kappa shape index (κ1) is 15.4. The molecule has 0 saturated carbocycles. The fourth-order valence-corrected chi connectivity index (χ4v) is 3.97. The molecule has 5 heteroatoms. The third-order valence-electron chi connectivity index (χ3n) is 3.40. The van der Waals surface area contributed by atoms with E-state index in [0.717, 1.165) is 19.2 Å². The van der Waals surface area contributed by atoms with Gasteiger partial charge in [0, 0.05) is 36.6 Å². The maximum atomic E-state index is 13.5. The highest BCUT2D eigenvalue weighted by atomic mass is 32.2. The zero-order valence-corrected chi connectivity index (χ0v) is 12.6. The van der Waals surface area contributed by atoms with E-state index in [1.807, 2.05) is 11.8 Å². The average molecular weight is 299 g/mol. The van der Waals surface area contributed by atoms with Crippen LogP contribution in [0.3, 0.4) is 0 Å². The van der Waals surface area contributed by atoms with E-state index in [4.69, 9.17) is 0 Å². The van der Waals surface area contributed by atoms with Crippen molar-refractivity contribution in [2.75, 3.05) is 19.6 Å². The van der Waals surface area contributed by atoms with Crippen LogP contribution in [0.4, 0.5) is 8.78 Å². The Balaban J connectivity index is 1.93. The van der Waals surface area contributed by atoms with Crippen LogP contribution in [-0.4, -0.2) is 40.8 Å². The summed E-state index contributed by atoms with van der Waals surface area (Å²) in [5.41, 5.74) is -0.141. The standard InChI is InChI=1S/C15H19F2NOS/c1-10-8-18(9-11(2)20-10)7-6-14(19)12-4-3-5-13(16)15(12)17/h3-5,10-11H,6-9H2,1-2H3. The van der Waals surface area contributed by atoms with Gasteiger partial charge in [0.1, 0.15) is 0 Å². The van der Waals surface area contributed by atoms with Gasteiger partial charge in [0.25, 0.3) is 0 Å². The predicted octanol–water partition coefficient (Wildman–Crippen LogP) is 3.36. The summed E-state index contributed by atoms with van der Waals surface area (Å²) in [4.78, 5) is 14.2. The van der Waals surface area contributed by atoms with E-state index < -0.39 is 11.6 Å². The largest absolute Gasteiger partial charge is 0.301 e. The summed E-state index contributed by atoms with van der Waals surface area (Å²) < 4.78 is 26.6. The van der Waals surface area contributed by atoms with Crippen LogP contribution in [0.1, 0.15) is 30.6 Å². The Morgan fingerprint density at radius 1 is 1.30 bits per heavy atom. The number of carbonyl (C=O) groups is 1. The van der Waals surface area contributed by atoms with Gasteiger partial charge in [0.2, 0.25) is 0 Å². The number of rotatable bonds is 4. The first-order chi connectivity index (χ1) is 9.47. The smallest absolute Gasteiger partial charge is 0.169 e. The number of nitrogens with zero attached hydrogens (tertiary/aromatic N) is 1. The van der Waals surface area contributed by atoms with Crippen molar-refractivity contribution in [1.82, 2.24) is 4.90 Å². The summed E-state index contributed by atoms with van der Waals surface area (Å²) in [7, 11) is 0. The Hall–Kier alpha value is -0.940. The van der Waals surface area contributed by atoms with Gasteiger partial charge in [-0.05, 0) is 12.1 Å². The van der Waals surface area contributed by atoms with Gasteiger partial charge in [0.15, 0.2) is 17.4 Å². The lowest BCUT2D eigenvalue weighted by Gasteiger charge is -2.34. The number of thioether (sulfide) groups is 1. The Morgan fingerprint density at radius 3 is 2.60 bits per heavy atom. The summed E-state index contributed by atoms with van der Waals surface area (Å²) >= 11 is 1.94. The van der Waals surface area contributed by atoms with E-state index in [9.17, 15) is 13.6 Å². The second kappa shape index (κ2) is 6.68. The van der Waals surface area contributed by atoms with Crippen molar-refractivity contribution in [3.63, 3.8) is 0 Å². The molecule has 2 atom stereocenters. The van der Waals surface area contributed by atoms with Gasteiger partial charge in [-0.25, -0.2) is 8.78 Å². The second-order valence-electron chi connectivity index (χ2n) is 5.29. The third kappa shape index (κ3) is 3.79. The molecule has 1 heterocycles. The quantitative estimate of drug-likeness (QED) is 0.795. The predicted molar refractivity (Wildman–Crippen MR) is 78.3 cm³/mol. The molecule has 110 valence electrons. The SMILES string of the molecule is CC1CN(CCC(=O)c2cccc(F)c2F)CC(C)S1. The molecule has 1 aliphatic rings. The molecule has 1 aromatic carbocycles. The highest BCUT2D eigenvalue weighted by Gasteiger charge is 2.23. The molecule has 0 aromatic heterocycles. The van der Waals surface area contributed by atoms with E-state index in [2.05, 4.69) is 18.7 Å². The topological polar surface area (TPSA) is 20.3 Å². The zero-order chi connectivity index (χ0) is 14.7. The van der Waals surface area contributed by atoms with Gasteiger partial charge >= 0.3 is 0 Å². The van der Waals surface area contributed by atoms with Crippen molar-refractivity contribution in [1.29, 1.82) is 0 Å². The Labute approximate surface area is 122 Å². The van der Waals surface area contributed by atoms with Crippen LogP contribution >= 0.6 is 11.8 Å². The van der Waals surface area contributed by atoms with E-state index in [1.165, 1.54) is 12.1 Å². The van der Waals surface area contributed by atoms with Gasteiger partial charge in [-0.1, -0.05) is 19.9 Å². The summed E-state index contributed by atoms with van der Waals surface area (Å²) in [5, 5.41) is 1.08. The van der Waals surface area contributed by atoms with Crippen LogP contribution in [0.5, 0.6) is 0 Å². The third-order valence-corrected chi connectivity index (χ3v) is 4.63. The zero-order valence-electron chi connectivity index (χ0n) is 11.7. The minimum Gasteiger partial charge on any atom is -0.301 e. The lowest BCUT2D eigenvalue weighted by atomic mass is 10.1. The number of benzene rings is 1. The fraction of sp³-hybridized carbons (Fsp3) is 0.533. The van der Waals surface area contributed by atoms with Crippen LogP contribution in [0, 0.1) is 11.6 Å². The molecule has 20 heavy (non-hydrogen) atoms. The molecule has 0 aliphatic carbocycles. The molecule has 1 saturated heterocycles. The van der Waals surface area contributed by atoms with E-state index in [-0.39, 0.29) is 17.8 Å². The molecule has 2 rings (SSSR count). The monoisotopic (exact) mass is 299 g/mol. The fourth-order valence-electron chi connectivity index (χ4n) is 2.58. The maximum absolute atomic E-state index is 13.5.